The van der Waals surface area contributed by atoms with E-state index in [0.717, 1.165) is 12.2 Å². The summed E-state index contributed by atoms with van der Waals surface area (Å²) < 4.78 is 0. The number of aromatic nitrogens is 1. The highest BCUT2D eigenvalue weighted by atomic mass is 16.3. The maximum atomic E-state index is 11.1. The Morgan fingerprint density at radius 3 is 2.50 bits per heavy atom. The van der Waals surface area contributed by atoms with Crippen molar-refractivity contribution in [2.75, 3.05) is 18.0 Å². The van der Waals surface area contributed by atoms with Gasteiger partial charge in [-0.05, 0) is 25.0 Å². The van der Waals surface area contributed by atoms with Gasteiger partial charge >= 0.3 is 0 Å². The molecule has 1 amide bonds. The number of hydrogen-bond donors (Lipinski definition) is 2. The normalized spacial score (nSPS) is 12.5. The fraction of sp³-hybridized carbons (Fsp3) is 0.538. The highest BCUT2D eigenvalue weighted by Gasteiger charge is 2.12. The first-order valence-electron chi connectivity index (χ1n) is 6.07. The molecule has 3 N–H and O–H groups in total. The van der Waals surface area contributed by atoms with E-state index in [9.17, 15) is 9.90 Å². The monoisotopic (exact) mass is 251 g/mol. The molecule has 0 aromatic carbocycles. The minimum Gasteiger partial charge on any atom is -0.387 e. The van der Waals surface area contributed by atoms with E-state index in [4.69, 9.17) is 5.73 Å². The van der Waals surface area contributed by atoms with Gasteiger partial charge in [0, 0.05) is 6.54 Å². The molecular weight excluding hydrogens is 230 g/mol. The van der Waals surface area contributed by atoms with Crippen molar-refractivity contribution in [2.45, 2.75) is 26.9 Å². The minimum atomic E-state index is -0.589. The molecule has 0 saturated carbocycles. The first kappa shape index (κ1) is 14.4. The number of nitrogens with two attached hydrogens (primary N) is 1. The molecular formula is C13H21N3O2. The topological polar surface area (TPSA) is 79.5 Å². The van der Waals surface area contributed by atoms with Gasteiger partial charge in [-0.1, -0.05) is 13.8 Å². The van der Waals surface area contributed by atoms with E-state index in [2.05, 4.69) is 18.8 Å². The molecule has 1 rings (SSSR count). The molecule has 1 aromatic rings. The summed E-state index contributed by atoms with van der Waals surface area (Å²) in [6.45, 7) is 6.72. The Bertz CT molecular complexity index is 388. The Kier molecular flexibility index (Phi) is 5.09. The molecule has 5 nitrogen and oxygen atoms in total. The van der Waals surface area contributed by atoms with Gasteiger partial charge in [-0.3, -0.25) is 9.78 Å². The minimum absolute atomic E-state index is 0.174. The Morgan fingerprint density at radius 2 is 2.11 bits per heavy atom. The molecule has 1 atom stereocenters. The number of anilines is 1. The van der Waals surface area contributed by atoms with Crippen LogP contribution < -0.4 is 10.6 Å². The standard InChI is InChI=1S/C13H21N3O2/c1-9(2)7-16(8-13(14)18)11-4-5-12(10(3)17)15-6-11/h4-6,9-10,17H,7-8H2,1-3H3,(H2,14,18)/t10-/m1/s1. The summed E-state index contributed by atoms with van der Waals surface area (Å²) in [5.74, 6) is 0.0519. The summed E-state index contributed by atoms with van der Waals surface area (Å²) >= 11 is 0. The predicted molar refractivity (Wildman–Crippen MR) is 71.1 cm³/mol. The average Bonchev–Trinajstić information content (AvgIpc) is 2.27. The number of carbonyl (C=O) groups is 1. The fourth-order valence-electron chi connectivity index (χ4n) is 1.72. The zero-order chi connectivity index (χ0) is 13.7. The quantitative estimate of drug-likeness (QED) is 0.793. The second-order valence-electron chi connectivity index (χ2n) is 4.86. The molecule has 1 heterocycles. The van der Waals surface area contributed by atoms with E-state index < -0.39 is 6.10 Å². The van der Waals surface area contributed by atoms with Crippen LogP contribution in [0, 0.1) is 5.92 Å². The van der Waals surface area contributed by atoms with E-state index in [1.54, 1.807) is 19.2 Å². The van der Waals surface area contributed by atoms with Crippen molar-refractivity contribution in [2.24, 2.45) is 11.7 Å². The van der Waals surface area contributed by atoms with Crippen LogP contribution in [0.1, 0.15) is 32.6 Å². The third-order valence-corrected chi connectivity index (χ3v) is 2.50. The van der Waals surface area contributed by atoms with Crippen molar-refractivity contribution < 1.29 is 9.90 Å². The molecule has 100 valence electrons. The second kappa shape index (κ2) is 6.35. The predicted octanol–water partition coefficient (Wildman–Crippen LogP) is 1.08. The van der Waals surface area contributed by atoms with E-state index in [1.807, 2.05) is 11.0 Å². The van der Waals surface area contributed by atoms with Gasteiger partial charge < -0.3 is 15.7 Å². The van der Waals surface area contributed by atoms with Crippen molar-refractivity contribution >= 4 is 11.6 Å². The molecule has 0 bridgehead atoms. The van der Waals surface area contributed by atoms with Crippen LogP contribution in [0.15, 0.2) is 18.3 Å². The Morgan fingerprint density at radius 1 is 1.44 bits per heavy atom. The lowest BCUT2D eigenvalue weighted by Crippen LogP contribution is -2.36. The van der Waals surface area contributed by atoms with Crippen molar-refractivity contribution in [1.29, 1.82) is 0 Å². The van der Waals surface area contributed by atoms with Gasteiger partial charge in [-0.25, -0.2) is 0 Å². The molecule has 0 saturated heterocycles. The van der Waals surface area contributed by atoms with E-state index >= 15 is 0 Å². The highest BCUT2D eigenvalue weighted by Crippen LogP contribution is 2.17. The van der Waals surface area contributed by atoms with Crippen molar-refractivity contribution in [3.63, 3.8) is 0 Å². The van der Waals surface area contributed by atoms with E-state index in [0.29, 0.717) is 11.6 Å². The largest absolute Gasteiger partial charge is 0.387 e. The number of pyridine rings is 1. The Labute approximate surface area is 108 Å². The van der Waals surface area contributed by atoms with Gasteiger partial charge in [-0.2, -0.15) is 0 Å². The number of hydrogen-bond acceptors (Lipinski definition) is 4. The lowest BCUT2D eigenvalue weighted by atomic mass is 10.2. The molecule has 0 aliphatic carbocycles. The number of primary amides is 1. The molecule has 0 radical (unpaired) electrons. The smallest absolute Gasteiger partial charge is 0.236 e. The van der Waals surface area contributed by atoms with Crippen molar-refractivity contribution in [3.8, 4) is 0 Å². The summed E-state index contributed by atoms with van der Waals surface area (Å²) in [5.41, 5.74) is 6.70. The van der Waals surface area contributed by atoms with Crippen LogP contribution in [-0.4, -0.2) is 29.1 Å². The van der Waals surface area contributed by atoms with Gasteiger partial charge in [0.05, 0.1) is 30.2 Å². The zero-order valence-corrected chi connectivity index (χ0v) is 11.1. The Balaban J connectivity index is 2.87. The third kappa shape index (κ3) is 4.33. The van der Waals surface area contributed by atoms with E-state index in [-0.39, 0.29) is 12.5 Å². The molecule has 5 heteroatoms. The first-order chi connectivity index (χ1) is 8.40. The SMILES string of the molecule is CC(C)CN(CC(N)=O)c1ccc([C@@H](C)O)nc1. The maximum Gasteiger partial charge on any atom is 0.236 e. The van der Waals surface area contributed by atoms with Crippen LogP contribution in [0.5, 0.6) is 0 Å². The van der Waals surface area contributed by atoms with Crippen LogP contribution in [-0.2, 0) is 4.79 Å². The average molecular weight is 251 g/mol. The first-order valence-corrected chi connectivity index (χ1v) is 6.07. The summed E-state index contributed by atoms with van der Waals surface area (Å²) in [6.07, 6.45) is 1.07. The summed E-state index contributed by atoms with van der Waals surface area (Å²) in [4.78, 5) is 17.1. The number of carbonyl (C=O) groups excluding carboxylic acids is 1. The number of aliphatic hydroxyl groups is 1. The van der Waals surface area contributed by atoms with Crippen molar-refractivity contribution in [3.05, 3.63) is 24.0 Å². The number of aliphatic hydroxyl groups excluding tert-OH is 1. The molecule has 0 aliphatic rings. The van der Waals surface area contributed by atoms with E-state index in [1.165, 1.54) is 0 Å². The highest BCUT2D eigenvalue weighted by molar-refractivity contribution is 5.79. The number of amides is 1. The van der Waals surface area contributed by atoms with Crippen LogP contribution in [0.2, 0.25) is 0 Å². The van der Waals surface area contributed by atoms with Gasteiger partial charge in [0.2, 0.25) is 5.91 Å². The lowest BCUT2D eigenvalue weighted by molar-refractivity contribution is -0.116. The zero-order valence-electron chi connectivity index (χ0n) is 11.1. The van der Waals surface area contributed by atoms with Gasteiger partial charge in [-0.15, -0.1) is 0 Å². The lowest BCUT2D eigenvalue weighted by Gasteiger charge is -2.25. The maximum absolute atomic E-state index is 11.1. The summed E-state index contributed by atoms with van der Waals surface area (Å²) in [5, 5.41) is 9.39. The third-order valence-electron chi connectivity index (χ3n) is 2.50. The molecule has 18 heavy (non-hydrogen) atoms. The Hall–Kier alpha value is -1.62. The molecule has 0 spiro atoms. The van der Waals surface area contributed by atoms with Crippen molar-refractivity contribution in [1.82, 2.24) is 4.98 Å². The van der Waals surface area contributed by atoms with Crippen LogP contribution >= 0.6 is 0 Å². The second-order valence-corrected chi connectivity index (χ2v) is 4.86. The van der Waals surface area contributed by atoms with Gasteiger partial charge in [0.25, 0.3) is 0 Å². The molecule has 0 unspecified atom stereocenters. The summed E-state index contributed by atoms with van der Waals surface area (Å²) in [7, 11) is 0. The van der Waals surface area contributed by atoms with Crippen LogP contribution in [0.3, 0.4) is 0 Å². The molecule has 0 fully saturated rings. The number of rotatable bonds is 6. The fourth-order valence-corrected chi connectivity index (χ4v) is 1.72. The van der Waals surface area contributed by atoms with Gasteiger partial charge in [0.15, 0.2) is 0 Å². The van der Waals surface area contributed by atoms with Crippen LogP contribution in [0.25, 0.3) is 0 Å². The summed E-state index contributed by atoms with van der Waals surface area (Å²) in [6, 6.07) is 3.61. The molecule has 1 aromatic heterocycles. The van der Waals surface area contributed by atoms with Crippen LogP contribution in [0.4, 0.5) is 5.69 Å². The van der Waals surface area contributed by atoms with Gasteiger partial charge in [0.1, 0.15) is 0 Å². The molecule has 0 aliphatic heterocycles. The number of nitrogens with zero attached hydrogens (tertiary/aromatic N) is 2.